The number of ether oxygens (including phenoxy) is 2. The molecule has 2 rings (SSSR count). The molecule has 2 aromatic rings. The Labute approximate surface area is 114 Å². The standard InChI is InChI=1S/C12H13N3O3S/c1-17-9-4-3-7(6-10(9)18-2)5-8-11(16)13-12(19)15-14-8/h3-4,6H,5H2,1-2H3,(H2,13,15,16,19). The highest BCUT2D eigenvalue weighted by Crippen LogP contribution is 2.27. The highest BCUT2D eigenvalue weighted by molar-refractivity contribution is 7.71. The Bertz CT molecular complexity index is 693. The molecule has 1 aromatic heterocycles. The summed E-state index contributed by atoms with van der Waals surface area (Å²) in [5.74, 6) is 1.25. The second-order valence-corrected chi connectivity index (χ2v) is 4.23. The highest BCUT2D eigenvalue weighted by Gasteiger charge is 2.08. The van der Waals surface area contributed by atoms with Crippen molar-refractivity contribution in [2.75, 3.05) is 14.2 Å². The number of hydrogen-bond acceptors (Lipinski definition) is 5. The maximum Gasteiger partial charge on any atom is 0.273 e. The van der Waals surface area contributed by atoms with E-state index >= 15 is 0 Å². The molecule has 0 bridgehead atoms. The molecule has 1 heterocycles. The van der Waals surface area contributed by atoms with Gasteiger partial charge in [-0.1, -0.05) is 6.07 Å². The van der Waals surface area contributed by atoms with E-state index in [1.807, 2.05) is 12.1 Å². The van der Waals surface area contributed by atoms with Crippen molar-refractivity contribution in [2.24, 2.45) is 0 Å². The van der Waals surface area contributed by atoms with Crippen molar-refractivity contribution in [1.29, 1.82) is 0 Å². The zero-order chi connectivity index (χ0) is 13.8. The number of nitrogens with zero attached hydrogens (tertiary/aromatic N) is 1. The van der Waals surface area contributed by atoms with Gasteiger partial charge in [0.25, 0.3) is 5.56 Å². The van der Waals surface area contributed by atoms with E-state index in [2.05, 4.69) is 15.2 Å². The molecular weight excluding hydrogens is 266 g/mol. The molecule has 19 heavy (non-hydrogen) atoms. The quantitative estimate of drug-likeness (QED) is 0.828. The molecule has 0 spiro atoms. The molecule has 100 valence electrons. The highest BCUT2D eigenvalue weighted by atomic mass is 32.1. The largest absolute Gasteiger partial charge is 0.493 e. The number of aromatic amines is 2. The fourth-order valence-corrected chi connectivity index (χ4v) is 1.81. The van der Waals surface area contributed by atoms with Crippen molar-refractivity contribution in [2.45, 2.75) is 6.42 Å². The number of hydrogen-bond donors (Lipinski definition) is 2. The summed E-state index contributed by atoms with van der Waals surface area (Å²) < 4.78 is 10.6. The molecule has 0 saturated heterocycles. The fourth-order valence-electron chi connectivity index (χ4n) is 1.68. The van der Waals surface area contributed by atoms with E-state index in [9.17, 15) is 4.79 Å². The first-order chi connectivity index (χ1) is 9.13. The molecule has 0 saturated carbocycles. The van der Waals surface area contributed by atoms with Gasteiger partial charge in [0.15, 0.2) is 16.3 Å². The Morgan fingerprint density at radius 3 is 2.63 bits per heavy atom. The number of benzene rings is 1. The van der Waals surface area contributed by atoms with Gasteiger partial charge < -0.3 is 9.47 Å². The summed E-state index contributed by atoms with van der Waals surface area (Å²) in [6.45, 7) is 0. The van der Waals surface area contributed by atoms with Crippen LogP contribution in [0.4, 0.5) is 0 Å². The first kappa shape index (κ1) is 13.3. The molecule has 0 unspecified atom stereocenters. The monoisotopic (exact) mass is 279 g/mol. The zero-order valence-electron chi connectivity index (χ0n) is 10.5. The molecule has 0 fully saturated rings. The topological polar surface area (TPSA) is 80.0 Å². The summed E-state index contributed by atoms with van der Waals surface area (Å²) in [6.07, 6.45) is 0.377. The lowest BCUT2D eigenvalue weighted by Gasteiger charge is -2.09. The summed E-state index contributed by atoms with van der Waals surface area (Å²) in [5, 5.41) is 6.49. The van der Waals surface area contributed by atoms with E-state index < -0.39 is 0 Å². The van der Waals surface area contributed by atoms with E-state index in [1.54, 1.807) is 20.3 Å². The average molecular weight is 279 g/mol. The van der Waals surface area contributed by atoms with Gasteiger partial charge in [-0.15, -0.1) is 0 Å². The average Bonchev–Trinajstić information content (AvgIpc) is 2.41. The van der Waals surface area contributed by atoms with Gasteiger partial charge in [0.05, 0.1) is 14.2 Å². The second-order valence-electron chi connectivity index (χ2n) is 3.82. The van der Waals surface area contributed by atoms with Gasteiger partial charge in [-0.05, 0) is 29.9 Å². The van der Waals surface area contributed by atoms with Crippen molar-refractivity contribution in [3.63, 3.8) is 0 Å². The first-order valence-electron chi connectivity index (χ1n) is 5.53. The molecule has 1 aromatic carbocycles. The third-order valence-electron chi connectivity index (χ3n) is 2.60. The van der Waals surface area contributed by atoms with E-state index in [-0.39, 0.29) is 10.3 Å². The van der Waals surface area contributed by atoms with E-state index in [0.29, 0.717) is 23.6 Å². The van der Waals surface area contributed by atoms with Crippen molar-refractivity contribution in [3.05, 3.63) is 44.6 Å². The fraction of sp³-hybridized carbons (Fsp3) is 0.250. The molecule has 0 aliphatic heterocycles. The Morgan fingerprint density at radius 2 is 2.00 bits per heavy atom. The number of aromatic nitrogens is 3. The Balaban J connectivity index is 2.33. The lowest BCUT2D eigenvalue weighted by atomic mass is 10.1. The predicted octanol–water partition coefficient (Wildman–Crippen LogP) is 1.44. The van der Waals surface area contributed by atoms with Gasteiger partial charge in [-0.25, -0.2) is 0 Å². The third kappa shape index (κ3) is 3.00. The third-order valence-corrected chi connectivity index (χ3v) is 2.79. The summed E-state index contributed by atoms with van der Waals surface area (Å²) >= 11 is 4.79. The van der Waals surface area contributed by atoms with Gasteiger partial charge >= 0.3 is 0 Å². The van der Waals surface area contributed by atoms with Crippen LogP contribution in [0.25, 0.3) is 0 Å². The van der Waals surface area contributed by atoms with Crippen LogP contribution in [-0.2, 0) is 6.42 Å². The molecule has 6 nitrogen and oxygen atoms in total. The van der Waals surface area contributed by atoms with Crippen LogP contribution < -0.4 is 15.0 Å². The van der Waals surface area contributed by atoms with E-state index in [4.69, 9.17) is 21.7 Å². The Hall–Kier alpha value is -2.15. The molecule has 0 amide bonds. The maximum absolute atomic E-state index is 11.7. The van der Waals surface area contributed by atoms with Gasteiger partial charge in [0.1, 0.15) is 5.69 Å². The van der Waals surface area contributed by atoms with Crippen LogP contribution in [0.3, 0.4) is 0 Å². The van der Waals surface area contributed by atoms with Crippen molar-refractivity contribution in [3.8, 4) is 11.5 Å². The second kappa shape index (κ2) is 5.66. The summed E-state index contributed by atoms with van der Waals surface area (Å²) in [5.41, 5.74) is 0.959. The number of H-pyrrole nitrogens is 2. The Morgan fingerprint density at radius 1 is 1.26 bits per heavy atom. The summed E-state index contributed by atoms with van der Waals surface area (Å²) in [4.78, 5) is 14.2. The van der Waals surface area contributed by atoms with Crippen LogP contribution in [0.2, 0.25) is 0 Å². The first-order valence-corrected chi connectivity index (χ1v) is 5.93. The normalized spacial score (nSPS) is 10.2. The van der Waals surface area contributed by atoms with Crippen molar-refractivity contribution >= 4 is 12.2 Å². The van der Waals surface area contributed by atoms with Crippen LogP contribution in [0, 0.1) is 4.77 Å². The molecule has 7 heteroatoms. The predicted molar refractivity (Wildman–Crippen MR) is 72.4 cm³/mol. The minimum atomic E-state index is -0.293. The van der Waals surface area contributed by atoms with Gasteiger partial charge in [-0.3, -0.25) is 14.9 Å². The van der Waals surface area contributed by atoms with Gasteiger partial charge in [0, 0.05) is 6.42 Å². The van der Waals surface area contributed by atoms with Crippen LogP contribution in [0.5, 0.6) is 11.5 Å². The zero-order valence-corrected chi connectivity index (χ0v) is 11.3. The number of rotatable bonds is 4. The molecule has 0 aliphatic carbocycles. The van der Waals surface area contributed by atoms with Crippen LogP contribution in [-0.4, -0.2) is 29.4 Å². The minimum absolute atomic E-state index is 0.209. The van der Waals surface area contributed by atoms with Crippen molar-refractivity contribution in [1.82, 2.24) is 15.2 Å². The smallest absolute Gasteiger partial charge is 0.273 e. The summed E-state index contributed by atoms with van der Waals surface area (Å²) in [6, 6.07) is 5.44. The SMILES string of the molecule is COc1ccc(Cc2n[nH]c(=S)[nH]c2=O)cc1OC. The maximum atomic E-state index is 11.7. The molecule has 2 N–H and O–H groups in total. The number of nitrogens with one attached hydrogen (secondary N) is 2. The van der Waals surface area contributed by atoms with Crippen LogP contribution in [0.1, 0.15) is 11.3 Å². The Kier molecular flexibility index (Phi) is 3.96. The number of methoxy groups -OCH3 is 2. The van der Waals surface area contributed by atoms with Gasteiger partial charge in [-0.2, -0.15) is 5.10 Å². The molecule has 0 atom stereocenters. The van der Waals surface area contributed by atoms with E-state index in [0.717, 1.165) is 5.56 Å². The molecular formula is C12H13N3O3S. The summed E-state index contributed by atoms with van der Waals surface area (Å²) in [7, 11) is 3.13. The van der Waals surface area contributed by atoms with Crippen LogP contribution >= 0.6 is 12.2 Å². The molecule has 0 aliphatic rings. The lowest BCUT2D eigenvalue weighted by Crippen LogP contribution is -2.16. The lowest BCUT2D eigenvalue weighted by molar-refractivity contribution is 0.354. The van der Waals surface area contributed by atoms with E-state index in [1.165, 1.54) is 0 Å². The van der Waals surface area contributed by atoms with Gasteiger partial charge in [0.2, 0.25) is 0 Å². The molecule has 0 radical (unpaired) electrons. The van der Waals surface area contributed by atoms with Crippen LogP contribution in [0.15, 0.2) is 23.0 Å². The minimum Gasteiger partial charge on any atom is -0.493 e. The van der Waals surface area contributed by atoms with Crippen molar-refractivity contribution < 1.29 is 9.47 Å².